The number of primary amides is 1. The number of nitrogens with two attached hydrogens (primary N) is 1. The van der Waals surface area contributed by atoms with Crippen LogP contribution in [0, 0.1) is 11.3 Å². The predicted molar refractivity (Wildman–Crippen MR) is 105 cm³/mol. The summed E-state index contributed by atoms with van der Waals surface area (Å²) in [6.45, 7) is 4.33. The van der Waals surface area contributed by atoms with Crippen LogP contribution in [0.4, 0.5) is 10.1 Å². The molecule has 154 valence electrons. The molecule has 2 atom stereocenters. The summed E-state index contributed by atoms with van der Waals surface area (Å²) in [6.07, 6.45) is 0.248. The van der Waals surface area contributed by atoms with Crippen molar-refractivity contribution in [3.8, 4) is 0 Å². The first-order valence-corrected chi connectivity index (χ1v) is 9.10. The van der Waals surface area contributed by atoms with Crippen LogP contribution in [0.1, 0.15) is 25.8 Å². The highest BCUT2D eigenvalue weighted by Gasteiger charge is 2.32. The smallest absolute Gasteiger partial charge is 0.267 e. The molecular weight excluding hydrogens is 365 g/mol. The number of likely N-dealkylation sites (tertiary alicyclic amines) is 1. The molecule has 9 heteroatoms. The summed E-state index contributed by atoms with van der Waals surface area (Å²) < 4.78 is 13.6. The molecule has 0 aliphatic carbocycles. The van der Waals surface area contributed by atoms with Crippen LogP contribution in [-0.2, 0) is 9.63 Å². The Morgan fingerprint density at radius 2 is 2.14 bits per heavy atom. The highest BCUT2D eigenvalue weighted by atomic mass is 19.1. The molecule has 0 radical (unpaired) electrons. The number of hydrogen-bond acceptors (Lipinski definition) is 7. The second-order valence-electron chi connectivity index (χ2n) is 6.97. The van der Waals surface area contributed by atoms with Gasteiger partial charge in [-0.05, 0) is 37.8 Å². The molecule has 0 bridgehead atoms. The molecule has 2 rings (SSSR count). The average molecular weight is 393 g/mol. The van der Waals surface area contributed by atoms with Crippen LogP contribution in [-0.4, -0.2) is 54.2 Å². The molecule has 1 amide bonds. The second kappa shape index (κ2) is 10.3. The van der Waals surface area contributed by atoms with E-state index in [4.69, 9.17) is 16.0 Å². The van der Waals surface area contributed by atoms with E-state index in [9.17, 15) is 14.3 Å². The van der Waals surface area contributed by atoms with Crippen molar-refractivity contribution in [3.63, 3.8) is 0 Å². The predicted octanol–water partition coefficient (Wildman–Crippen LogP) is 1.33. The van der Waals surface area contributed by atoms with Gasteiger partial charge in [-0.3, -0.25) is 19.9 Å². The quantitative estimate of drug-likeness (QED) is 0.302. The number of para-hydroxylation sites is 1. The van der Waals surface area contributed by atoms with Crippen molar-refractivity contribution in [2.24, 2.45) is 11.7 Å². The number of hydrogen-bond donors (Lipinski definition) is 5. The van der Waals surface area contributed by atoms with E-state index >= 15 is 0 Å². The maximum atomic E-state index is 13.6. The highest BCUT2D eigenvalue weighted by Crippen LogP contribution is 2.24. The lowest BCUT2D eigenvalue weighted by molar-refractivity contribution is -0.112. The Bertz CT molecular complexity index is 736. The summed E-state index contributed by atoms with van der Waals surface area (Å²) in [5.74, 6) is -1.04. The van der Waals surface area contributed by atoms with Crippen LogP contribution >= 0.6 is 0 Å². The van der Waals surface area contributed by atoms with Crippen molar-refractivity contribution in [2.45, 2.75) is 26.5 Å². The van der Waals surface area contributed by atoms with Gasteiger partial charge in [0.15, 0.2) is 0 Å². The Morgan fingerprint density at radius 3 is 2.79 bits per heavy atom. The molecule has 1 heterocycles. The topological polar surface area (TPSA) is 124 Å². The summed E-state index contributed by atoms with van der Waals surface area (Å²) in [5, 5.41) is 20.5. The average Bonchev–Trinajstić information content (AvgIpc) is 3.08. The van der Waals surface area contributed by atoms with E-state index in [-0.39, 0.29) is 36.8 Å². The molecule has 1 aromatic rings. The zero-order valence-electron chi connectivity index (χ0n) is 16.2. The monoisotopic (exact) mass is 393 g/mol. The third-order valence-corrected chi connectivity index (χ3v) is 4.60. The Morgan fingerprint density at radius 1 is 1.43 bits per heavy atom. The van der Waals surface area contributed by atoms with E-state index in [1.807, 2.05) is 4.90 Å². The number of nitrogens with zero attached hydrogens (tertiary/aromatic N) is 1. The fourth-order valence-electron chi connectivity index (χ4n) is 2.93. The fraction of sp³-hybridized carbons (Fsp3) is 0.474. The molecule has 0 aromatic heterocycles. The van der Waals surface area contributed by atoms with Gasteiger partial charge in [0.2, 0.25) is 0 Å². The van der Waals surface area contributed by atoms with Gasteiger partial charge in [-0.2, -0.15) is 5.48 Å². The minimum atomic E-state index is -0.803. The first-order chi connectivity index (χ1) is 13.3. The molecule has 1 aliphatic heterocycles. The summed E-state index contributed by atoms with van der Waals surface area (Å²) in [5.41, 5.74) is 9.19. The second-order valence-corrected chi connectivity index (χ2v) is 6.97. The van der Waals surface area contributed by atoms with Gasteiger partial charge in [0.25, 0.3) is 5.91 Å². The molecule has 0 saturated carbocycles. The van der Waals surface area contributed by atoms with Crippen LogP contribution < -0.4 is 16.5 Å². The number of carbonyl (C=O) groups is 1. The summed E-state index contributed by atoms with van der Waals surface area (Å²) in [4.78, 5) is 18.9. The van der Waals surface area contributed by atoms with Crippen molar-refractivity contribution in [3.05, 3.63) is 41.2 Å². The third-order valence-electron chi connectivity index (χ3n) is 4.60. The number of halogens is 1. The van der Waals surface area contributed by atoms with E-state index in [0.29, 0.717) is 36.5 Å². The Hall–Kier alpha value is -2.33. The van der Waals surface area contributed by atoms with Crippen molar-refractivity contribution < 1.29 is 19.1 Å². The maximum absolute atomic E-state index is 13.6. The van der Waals surface area contributed by atoms with Crippen LogP contribution in [0.2, 0.25) is 0 Å². The number of nitrogens with one attached hydrogen (secondary N) is 3. The molecule has 1 saturated heterocycles. The zero-order valence-corrected chi connectivity index (χ0v) is 16.2. The number of amides is 1. The lowest BCUT2D eigenvalue weighted by atomic mass is 10.1. The van der Waals surface area contributed by atoms with Gasteiger partial charge in [-0.1, -0.05) is 18.2 Å². The van der Waals surface area contributed by atoms with E-state index in [1.54, 1.807) is 38.1 Å². The molecule has 1 aromatic carbocycles. The largest absolute Gasteiger partial charge is 0.396 e. The van der Waals surface area contributed by atoms with Crippen LogP contribution in [0.25, 0.3) is 0 Å². The van der Waals surface area contributed by atoms with Gasteiger partial charge in [0.05, 0.1) is 13.2 Å². The fourth-order valence-corrected chi connectivity index (χ4v) is 2.93. The van der Waals surface area contributed by atoms with Gasteiger partial charge < -0.3 is 16.2 Å². The summed E-state index contributed by atoms with van der Waals surface area (Å²) in [7, 11) is 0. The van der Waals surface area contributed by atoms with Crippen LogP contribution in [0.15, 0.2) is 35.7 Å². The molecule has 28 heavy (non-hydrogen) atoms. The SMILES string of the molecule is CC(C)=C(F)CNOC1CC(CO)CN1CNc1ccccc1C(=N)C(N)=O. The van der Waals surface area contributed by atoms with Gasteiger partial charge >= 0.3 is 0 Å². The summed E-state index contributed by atoms with van der Waals surface area (Å²) >= 11 is 0. The van der Waals surface area contributed by atoms with Crippen LogP contribution in [0.5, 0.6) is 0 Å². The van der Waals surface area contributed by atoms with E-state index in [0.717, 1.165) is 0 Å². The first-order valence-electron chi connectivity index (χ1n) is 9.10. The van der Waals surface area contributed by atoms with E-state index in [2.05, 4.69) is 10.8 Å². The lowest BCUT2D eigenvalue weighted by Gasteiger charge is -2.25. The molecular formula is C19H28FN5O3. The Kier molecular flexibility index (Phi) is 8.06. The molecule has 6 N–H and O–H groups in total. The van der Waals surface area contributed by atoms with E-state index < -0.39 is 5.91 Å². The summed E-state index contributed by atoms with van der Waals surface area (Å²) in [6, 6.07) is 6.92. The molecule has 8 nitrogen and oxygen atoms in total. The number of anilines is 1. The maximum Gasteiger partial charge on any atom is 0.267 e. The Balaban J connectivity index is 2.00. The number of hydroxylamine groups is 1. The minimum Gasteiger partial charge on any atom is -0.396 e. The Labute approximate surface area is 164 Å². The van der Waals surface area contributed by atoms with Crippen molar-refractivity contribution in [2.75, 3.05) is 31.7 Å². The number of aliphatic hydroxyl groups excluding tert-OH is 1. The standard InChI is InChI=1S/C19H28FN5O3/c1-12(2)15(20)8-24-28-17-7-13(10-26)9-25(17)11-23-16-6-4-3-5-14(16)18(21)19(22)27/h3-6,13,17,21,23-24,26H,7-11H2,1-2H3,(H2,22,27). The molecule has 2 unspecified atom stereocenters. The number of rotatable bonds is 10. The number of benzene rings is 1. The molecule has 1 fully saturated rings. The minimum absolute atomic E-state index is 0.0253. The van der Waals surface area contributed by atoms with Gasteiger partial charge in [-0.25, -0.2) is 4.39 Å². The number of carbonyl (C=O) groups excluding carboxylic acids is 1. The van der Waals surface area contributed by atoms with Gasteiger partial charge in [-0.15, -0.1) is 0 Å². The van der Waals surface area contributed by atoms with Gasteiger partial charge in [0, 0.05) is 24.4 Å². The van der Waals surface area contributed by atoms with Gasteiger partial charge in [0.1, 0.15) is 17.8 Å². The highest BCUT2D eigenvalue weighted by molar-refractivity contribution is 6.44. The van der Waals surface area contributed by atoms with Crippen molar-refractivity contribution in [1.82, 2.24) is 10.4 Å². The number of allylic oxidation sites excluding steroid dienone is 1. The first kappa shape index (κ1) is 22.0. The normalized spacial score (nSPS) is 19.4. The number of aliphatic hydroxyl groups is 1. The van der Waals surface area contributed by atoms with Crippen molar-refractivity contribution in [1.29, 1.82) is 5.41 Å². The lowest BCUT2D eigenvalue weighted by Crippen LogP contribution is -2.39. The molecule has 1 aliphatic rings. The van der Waals surface area contributed by atoms with E-state index in [1.165, 1.54) is 0 Å². The van der Waals surface area contributed by atoms with Crippen molar-refractivity contribution >= 4 is 17.3 Å². The van der Waals surface area contributed by atoms with Crippen LogP contribution in [0.3, 0.4) is 0 Å². The molecule has 0 spiro atoms. The zero-order chi connectivity index (χ0) is 20.7. The third kappa shape index (κ3) is 5.83.